The highest BCUT2D eigenvalue weighted by Gasteiger charge is 2.20. The van der Waals surface area contributed by atoms with Crippen LogP contribution in [0.2, 0.25) is 0 Å². The van der Waals surface area contributed by atoms with Gasteiger partial charge in [-0.05, 0) is 13.3 Å². The molecule has 1 atom stereocenters. The molecule has 0 saturated carbocycles. The van der Waals surface area contributed by atoms with Gasteiger partial charge in [-0.3, -0.25) is 9.59 Å². The molecule has 0 fully saturated rings. The van der Waals surface area contributed by atoms with Crippen LogP contribution in [0.25, 0.3) is 0 Å². The molecule has 0 radical (unpaired) electrons. The van der Waals surface area contributed by atoms with E-state index in [2.05, 4.69) is 4.74 Å². The molecule has 0 N–H and O–H groups in total. The van der Waals surface area contributed by atoms with Gasteiger partial charge in [0, 0.05) is 12.5 Å². The Morgan fingerprint density at radius 3 is 2.33 bits per heavy atom. The Morgan fingerprint density at radius 1 is 1.33 bits per heavy atom. The molecular formula is C11H21NO3. The van der Waals surface area contributed by atoms with Gasteiger partial charge in [-0.15, -0.1) is 0 Å². The first-order chi connectivity index (χ1) is 7.06. The Labute approximate surface area is 91.6 Å². The van der Waals surface area contributed by atoms with Crippen molar-refractivity contribution in [3.63, 3.8) is 0 Å². The smallest absolute Gasteiger partial charge is 0.325 e. The molecule has 4 nitrogen and oxygen atoms in total. The fraction of sp³-hybridized carbons (Fsp3) is 0.818. The number of hydrogen-bond acceptors (Lipinski definition) is 3. The molecule has 1 unspecified atom stereocenters. The van der Waals surface area contributed by atoms with Crippen molar-refractivity contribution in [1.29, 1.82) is 0 Å². The molecule has 0 saturated heterocycles. The molecule has 0 aliphatic rings. The minimum Gasteiger partial charge on any atom is -0.468 e. The van der Waals surface area contributed by atoms with Crippen LogP contribution in [-0.2, 0) is 14.3 Å². The normalized spacial score (nSPS) is 12.0. The Bertz CT molecular complexity index is 216. The first-order valence-electron chi connectivity index (χ1n) is 5.42. The van der Waals surface area contributed by atoms with Gasteiger partial charge in [0.1, 0.15) is 6.54 Å². The highest BCUT2D eigenvalue weighted by Crippen LogP contribution is 2.09. The number of rotatable bonds is 6. The second kappa shape index (κ2) is 7.26. The number of carbonyl (C=O) groups is 2. The maximum absolute atomic E-state index is 11.8. The van der Waals surface area contributed by atoms with Crippen LogP contribution in [0.4, 0.5) is 0 Å². The van der Waals surface area contributed by atoms with Crippen LogP contribution in [0, 0.1) is 5.92 Å². The highest BCUT2D eigenvalue weighted by molar-refractivity contribution is 5.83. The molecule has 0 heterocycles. The summed E-state index contributed by atoms with van der Waals surface area (Å²) in [6.07, 6.45) is 1.83. The fourth-order valence-corrected chi connectivity index (χ4v) is 1.43. The number of amides is 1. The summed E-state index contributed by atoms with van der Waals surface area (Å²) in [5, 5.41) is 0. The monoisotopic (exact) mass is 215 g/mol. The first kappa shape index (κ1) is 13.9. The molecule has 0 aliphatic heterocycles. The summed E-state index contributed by atoms with van der Waals surface area (Å²) in [7, 11) is 1.33. The lowest BCUT2D eigenvalue weighted by Gasteiger charge is -2.22. The number of esters is 1. The lowest BCUT2D eigenvalue weighted by atomic mass is 10.0. The number of likely N-dealkylation sites (N-methyl/N-ethyl adjacent to an activating group) is 1. The fourth-order valence-electron chi connectivity index (χ4n) is 1.43. The zero-order chi connectivity index (χ0) is 11.8. The van der Waals surface area contributed by atoms with Gasteiger partial charge in [0.25, 0.3) is 0 Å². The molecule has 0 aromatic rings. The summed E-state index contributed by atoms with van der Waals surface area (Å²) in [6, 6.07) is 0. The predicted octanol–water partition coefficient (Wildman–Crippen LogP) is 1.44. The Balaban J connectivity index is 4.27. The third-order valence-corrected chi connectivity index (χ3v) is 2.38. The molecule has 0 spiro atoms. The molecule has 0 bridgehead atoms. The number of ether oxygens (including phenoxy) is 1. The van der Waals surface area contributed by atoms with Gasteiger partial charge in [-0.2, -0.15) is 0 Å². The van der Waals surface area contributed by atoms with E-state index < -0.39 is 0 Å². The van der Waals surface area contributed by atoms with Crippen molar-refractivity contribution >= 4 is 11.9 Å². The van der Waals surface area contributed by atoms with Crippen LogP contribution >= 0.6 is 0 Å². The quantitative estimate of drug-likeness (QED) is 0.630. The van der Waals surface area contributed by atoms with E-state index in [0.29, 0.717) is 6.54 Å². The van der Waals surface area contributed by atoms with E-state index in [4.69, 9.17) is 0 Å². The second-order valence-corrected chi connectivity index (χ2v) is 3.62. The van der Waals surface area contributed by atoms with Crippen LogP contribution in [-0.4, -0.2) is 37.0 Å². The van der Waals surface area contributed by atoms with Crippen LogP contribution in [0.5, 0.6) is 0 Å². The van der Waals surface area contributed by atoms with Crippen molar-refractivity contribution in [2.45, 2.75) is 33.6 Å². The van der Waals surface area contributed by atoms with Gasteiger partial charge in [-0.25, -0.2) is 0 Å². The van der Waals surface area contributed by atoms with Gasteiger partial charge in [0.05, 0.1) is 7.11 Å². The average molecular weight is 215 g/mol. The lowest BCUT2D eigenvalue weighted by Crippen LogP contribution is -2.39. The average Bonchev–Trinajstić information content (AvgIpc) is 2.24. The van der Waals surface area contributed by atoms with Gasteiger partial charge < -0.3 is 9.64 Å². The van der Waals surface area contributed by atoms with Gasteiger partial charge in [-0.1, -0.05) is 20.3 Å². The summed E-state index contributed by atoms with van der Waals surface area (Å²) in [6.45, 7) is 6.40. The zero-order valence-corrected chi connectivity index (χ0v) is 10.1. The van der Waals surface area contributed by atoms with Crippen molar-refractivity contribution in [3.05, 3.63) is 0 Å². The van der Waals surface area contributed by atoms with Gasteiger partial charge >= 0.3 is 5.97 Å². The molecule has 15 heavy (non-hydrogen) atoms. The van der Waals surface area contributed by atoms with Crippen molar-refractivity contribution in [3.8, 4) is 0 Å². The summed E-state index contributed by atoms with van der Waals surface area (Å²) >= 11 is 0. The van der Waals surface area contributed by atoms with E-state index in [1.807, 2.05) is 20.8 Å². The number of carbonyl (C=O) groups excluding carboxylic acids is 2. The summed E-state index contributed by atoms with van der Waals surface area (Å²) < 4.78 is 4.54. The third-order valence-electron chi connectivity index (χ3n) is 2.38. The van der Waals surface area contributed by atoms with Gasteiger partial charge in [0.15, 0.2) is 0 Å². The molecule has 0 aliphatic carbocycles. The summed E-state index contributed by atoms with van der Waals surface area (Å²) in [4.78, 5) is 24.4. The SMILES string of the molecule is CCCC(C)C(=O)N(CC)CC(=O)OC. The van der Waals surface area contributed by atoms with Crippen molar-refractivity contribution in [2.24, 2.45) is 5.92 Å². The number of methoxy groups -OCH3 is 1. The molecule has 1 amide bonds. The number of nitrogens with zero attached hydrogens (tertiary/aromatic N) is 1. The Kier molecular flexibility index (Phi) is 6.75. The molecule has 0 rings (SSSR count). The second-order valence-electron chi connectivity index (χ2n) is 3.62. The van der Waals surface area contributed by atoms with E-state index in [9.17, 15) is 9.59 Å². The molecule has 0 aromatic carbocycles. The van der Waals surface area contributed by atoms with Crippen LogP contribution < -0.4 is 0 Å². The summed E-state index contributed by atoms with van der Waals surface area (Å²) in [5.74, 6) is -0.349. The Hall–Kier alpha value is -1.06. The van der Waals surface area contributed by atoms with Crippen molar-refractivity contribution < 1.29 is 14.3 Å². The van der Waals surface area contributed by atoms with E-state index in [1.165, 1.54) is 12.0 Å². The topological polar surface area (TPSA) is 46.6 Å². The number of hydrogen-bond donors (Lipinski definition) is 0. The largest absolute Gasteiger partial charge is 0.468 e. The van der Waals surface area contributed by atoms with E-state index in [-0.39, 0.29) is 24.3 Å². The molecule has 88 valence electrons. The van der Waals surface area contributed by atoms with Crippen molar-refractivity contribution in [1.82, 2.24) is 4.90 Å². The van der Waals surface area contributed by atoms with Crippen LogP contribution in [0.1, 0.15) is 33.6 Å². The third kappa shape index (κ3) is 4.81. The zero-order valence-electron chi connectivity index (χ0n) is 10.1. The van der Waals surface area contributed by atoms with Crippen LogP contribution in [0.15, 0.2) is 0 Å². The van der Waals surface area contributed by atoms with E-state index in [0.717, 1.165) is 12.8 Å². The first-order valence-corrected chi connectivity index (χ1v) is 5.42. The standard InChI is InChI=1S/C11H21NO3/c1-5-7-9(3)11(14)12(6-2)8-10(13)15-4/h9H,5-8H2,1-4H3. The molecular weight excluding hydrogens is 194 g/mol. The van der Waals surface area contributed by atoms with E-state index in [1.54, 1.807) is 0 Å². The maximum Gasteiger partial charge on any atom is 0.325 e. The molecule has 4 heteroatoms. The molecule has 0 aromatic heterocycles. The van der Waals surface area contributed by atoms with Gasteiger partial charge in [0.2, 0.25) is 5.91 Å². The minimum atomic E-state index is -0.367. The highest BCUT2D eigenvalue weighted by atomic mass is 16.5. The maximum atomic E-state index is 11.8. The van der Waals surface area contributed by atoms with Crippen molar-refractivity contribution in [2.75, 3.05) is 20.2 Å². The minimum absolute atomic E-state index is 0.0143. The summed E-state index contributed by atoms with van der Waals surface area (Å²) in [5.41, 5.74) is 0. The predicted molar refractivity (Wildman–Crippen MR) is 58.3 cm³/mol. The van der Waals surface area contributed by atoms with E-state index >= 15 is 0 Å². The Morgan fingerprint density at radius 2 is 1.93 bits per heavy atom. The lowest BCUT2D eigenvalue weighted by molar-refractivity contribution is -0.148. The van der Waals surface area contributed by atoms with Crippen LogP contribution in [0.3, 0.4) is 0 Å².